The summed E-state index contributed by atoms with van der Waals surface area (Å²) in [7, 11) is 1.67. The van der Waals surface area contributed by atoms with E-state index in [2.05, 4.69) is 9.88 Å². The van der Waals surface area contributed by atoms with Gasteiger partial charge in [-0.1, -0.05) is 17.7 Å². The van der Waals surface area contributed by atoms with Crippen LogP contribution >= 0.6 is 11.6 Å². The number of likely N-dealkylation sites (N-methyl/N-ethyl adjacent to an activating group) is 1. The Balaban J connectivity index is 1.51. The summed E-state index contributed by atoms with van der Waals surface area (Å²) in [6, 6.07) is 8.99. The number of benzene rings is 1. The van der Waals surface area contributed by atoms with E-state index in [0.717, 1.165) is 5.82 Å². The van der Waals surface area contributed by atoms with Gasteiger partial charge in [0, 0.05) is 39.4 Å². The van der Waals surface area contributed by atoms with Crippen LogP contribution in [0.15, 0.2) is 36.5 Å². The number of nitrogens with zero attached hydrogens (tertiary/aromatic N) is 4. The number of ether oxygens (including phenoxy) is 1. The highest BCUT2D eigenvalue weighted by Crippen LogP contribution is 2.35. The van der Waals surface area contributed by atoms with Crippen LogP contribution in [0.3, 0.4) is 0 Å². The zero-order valence-corrected chi connectivity index (χ0v) is 15.6. The van der Waals surface area contributed by atoms with Crippen LogP contribution in [0, 0.1) is 0 Å². The maximum absolute atomic E-state index is 13.1. The van der Waals surface area contributed by atoms with Crippen molar-refractivity contribution in [3.05, 3.63) is 47.1 Å². The Kier molecular flexibility index (Phi) is 4.61. The molecule has 3 heterocycles. The standard InChI is InChI=1S/C19H19ClN4O3/c1-22-17(25)12-27-15-4-2-3-14(18(15)22)19(26)24-9-7-23(8-10-24)16-6-5-13(20)11-21-16/h2-6,11H,7-10,12H2,1H3. The van der Waals surface area contributed by atoms with E-state index in [1.165, 1.54) is 4.90 Å². The number of para-hydroxylation sites is 1. The Bertz CT molecular complexity index is 879. The van der Waals surface area contributed by atoms with Crippen LogP contribution in [0.4, 0.5) is 11.5 Å². The number of hydrogen-bond donors (Lipinski definition) is 0. The molecule has 2 aliphatic heterocycles. The Morgan fingerprint density at radius 1 is 1.15 bits per heavy atom. The van der Waals surface area contributed by atoms with Crippen molar-refractivity contribution in [3.8, 4) is 5.75 Å². The molecule has 0 bridgehead atoms. The topological polar surface area (TPSA) is 66.0 Å². The van der Waals surface area contributed by atoms with Gasteiger partial charge in [0.05, 0.1) is 16.3 Å². The minimum Gasteiger partial charge on any atom is -0.482 e. The van der Waals surface area contributed by atoms with Gasteiger partial charge in [-0.3, -0.25) is 9.59 Å². The molecule has 1 fully saturated rings. The molecule has 1 aromatic heterocycles. The summed E-state index contributed by atoms with van der Waals surface area (Å²) in [4.78, 5) is 34.8. The van der Waals surface area contributed by atoms with Crippen LogP contribution in [-0.2, 0) is 4.79 Å². The van der Waals surface area contributed by atoms with E-state index in [4.69, 9.17) is 16.3 Å². The van der Waals surface area contributed by atoms with Crippen molar-refractivity contribution in [1.29, 1.82) is 0 Å². The predicted octanol–water partition coefficient (Wildman–Crippen LogP) is 2.05. The van der Waals surface area contributed by atoms with Crippen molar-refractivity contribution in [2.75, 3.05) is 49.6 Å². The smallest absolute Gasteiger partial charge is 0.264 e. The van der Waals surface area contributed by atoms with Crippen LogP contribution in [0.2, 0.25) is 5.02 Å². The fourth-order valence-electron chi connectivity index (χ4n) is 3.38. The minimum atomic E-state index is -0.165. The molecule has 140 valence electrons. The number of carbonyl (C=O) groups excluding carboxylic acids is 2. The summed E-state index contributed by atoms with van der Waals surface area (Å²) >= 11 is 5.89. The molecule has 0 radical (unpaired) electrons. The van der Waals surface area contributed by atoms with Gasteiger partial charge in [0.15, 0.2) is 6.61 Å². The molecule has 0 N–H and O–H groups in total. The Morgan fingerprint density at radius 3 is 2.63 bits per heavy atom. The van der Waals surface area contributed by atoms with Gasteiger partial charge in [-0.15, -0.1) is 0 Å². The lowest BCUT2D eigenvalue weighted by Crippen LogP contribution is -2.49. The summed E-state index contributed by atoms with van der Waals surface area (Å²) in [5, 5.41) is 0.599. The summed E-state index contributed by atoms with van der Waals surface area (Å²) in [5.74, 6) is 1.15. The molecule has 0 aliphatic carbocycles. The molecule has 27 heavy (non-hydrogen) atoms. The second-order valence-electron chi connectivity index (χ2n) is 6.51. The molecule has 4 rings (SSSR count). The van der Waals surface area contributed by atoms with Crippen molar-refractivity contribution in [2.45, 2.75) is 0 Å². The van der Waals surface area contributed by atoms with Gasteiger partial charge in [-0.25, -0.2) is 4.98 Å². The van der Waals surface area contributed by atoms with E-state index in [0.29, 0.717) is 48.2 Å². The highest BCUT2D eigenvalue weighted by atomic mass is 35.5. The van der Waals surface area contributed by atoms with E-state index < -0.39 is 0 Å². The maximum atomic E-state index is 13.1. The predicted molar refractivity (Wildman–Crippen MR) is 103 cm³/mol. The van der Waals surface area contributed by atoms with E-state index in [9.17, 15) is 9.59 Å². The largest absolute Gasteiger partial charge is 0.482 e. The third-order valence-electron chi connectivity index (χ3n) is 4.89. The highest BCUT2D eigenvalue weighted by molar-refractivity contribution is 6.30. The van der Waals surface area contributed by atoms with Gasteiger partial charge < -0.3 is 19.4 Å². The number of aromatic nitrogens is 1. The summed E-state index contributed by atoms with van der Waals surface area (Å²) in [5.41, 5.74) is 1.03. The SMILES string of the molecule is CN1C(=O)COc2cccc(C(=O)N3CCN(c4ccc(Cl)cn4)CC3)c21. The monoisotopic (exact) mass is 386 g/mol. The van der Waals surface area contributed by atoms with Crippen LogP contribution in [0.25, 0.3) is 0 Å². The van der Waals surface area contributed by atoms with E-state index in [1.54, 1.807) is 36.3 Å². The van der Waals surface area contributed by atoms with Gasteiger partial charge in [0.25, 0.3) is 11.8 Å². The zero-order valence-electron chi connectivity index (χ0n) is 14.9. The number of halogens is 1. The van der Waals surface area contributed by atoms with Gasteiger partial charge in [-0.2, -0.15) is 0 Å². The molecule has 2 aliphatic rings. The fourth-order valence-corrected chi connectivity index (χ4v) is 3.49. The number of hydrogen-bond acceptors (Lipinski definition) is 5. The molecule has 8 heteroatoms. The van der Waals surface area contributed by atoms with Crippen LogP contribution in [0.5, 0.6) is 5.75 Å². The van der Waals surface area contributed by atoms with Crippen molar-refractivity contribution in [1.82, 2.24) is 9.88 Å². The van der Waals surface area contributed by atoms with Crippen molar-refractivity contribution >= 4 is 34.9 Å². The Morgan fingerprint density at radius 2 is 1.93 bits per heavy atom. The van der Waals surface area contributed by atoms with Crippen LogP contribution in [-0.4, -0.2) is 61.5 Å². The lowest BCUT2D eigenvalue weighted by Gasteiger charge is -2.36. The van der Waals surface area contributed by atoms with Crippen LogP contribution < -0.4 is 14.5 Å². The van der Waals surface area contributed by atoms with Crippen LogP contribution in [0.1, 0.15) is 10.4 Å². The lowest BCUT2D eigenvalue weighted by molar-refractivity contribution is -0.120. The third kappa shape index (κ3) is 3.30. The average molecular weight is 387 g/mol. The second kappa shape index (κ2) is 7.08. The average Bonchev–Trinajstić information content (AvgIpc) is 2.70. The molecular weight excluding hydrogens is 368 g/mol. The molecular formula is C19H19ClN4O3. The maximum Gasteiger partial charge on any atom is 0.264 e. The van der Waals surface area contributed by atoms with E-state index in [1.807, 2.05) is 12.1 Å². The fraction of sp³-hybridized carbons (Fsp3) is 0.316. The number of piperazine rings is 1. The molecule has 7 nitrogen and oxygen atoms in total. The van der Waals surface area contributed by atoms with Gasteiger partial charge in [0.2, 0.25) is 0 Å². The first-order valence-electron chi connectivity index (χ1n) is 8.73. The lowest BCUT2D eigenvalue weighted by atomic mass is 10.1. The first kappa shape index (κ1) is 17.6. The van der Waals surface area contributed by atoms with Crippen molar-refractivity contribution in [3.63, 3.8) is 0 Å². The first-order chi connectivity index (χ1) is 13.0. The molecule has 0 unspecified atom stereocenters. The third-order valence-corrected chi connectivity index (χ3v) is 5.12. The van der Waals surface area contributed by atoms with E-state index >= 15 is 0 Å². The summed E-state index contributed by atoms with van der Waals surface area (Å²) in [6.07, 6.45) is 1.62. The number of rotatable bonds is 2. The number of anilines is 2. The molecule has 0 atom stereocenters. The summed E-state index contributed by atoms with van der Waals surface area (Å²) in [6.45, 7) is 2.51. The number of fused-ring (bicyclic) bond motifs is 1. The molecule has 1 saturated heterocycles. The van der Waals surface area contributed by atoms with E-state index in [-0.39, 0.29) is 18.4 Å². The van der Waals surface area contributed by atoms with Gasteiger partial charge >= 0.3 is 0 Å². The normalized spacial score (nSPS) is 16.8. The first-order valence-corrected chi connectivity index (χ1v) is 9.10. The van der Waals surface area contributed by atoms with Gasteiger partial charge in [-0.05, 0) is 24.3 Å². The number of carbonyl (C=O) groups is 2. The van der Waals surface area contributed by atoms with Crippen molar-refractivity contribution in [2.24, 2.45) is 0 Å². The molecule has 2 aromatic rings. The minimum absolute atomic E-state index is 0.00604. The Labute approximate surface area is 162 Å². The number of amides is 2. The molecule has 2 amide bonds. The van der Waals surface area contributed by atoms with Crippen molar-refractivity contribution < 1.29 is 14.3 Å². The second-order valence-corrected chi connectivity index (χ2v) is 6.94. The molecule has 1 aromatic carbocycles. The molecule has 0 spiro atoms. The summed E-state index contributed by atoms with van der Waals surface area (Å²) < 4.78 is 5.48. The number of pyridine rings is 1. The molecule has 0 saturated carbocycles. The quantitative estimate of drug-likeness (QED) is 0.790. The highest BCUT2D eigenvalue weighted by Gasteiger charge is 2.30. The van der Waals surface area contributed by atoms with Gasteiger partial charge in [0.1, 0.15) is 11.6 Å². The zero-order chi connectivity index (χ0) is 19.0. The Hall–Kier alpha value is -2.80.